The maximum absolute atomic E-state index is 13.4. The number of allylic oxidation sites excluding steroid dienone is 1. The zero-order valence-corrected chi connectivity index (χ0v) is 11.2. The molecule has 1 rings (SSSR count). The molecule has 0 unspecified atom stereocenters. The van der Waals surface area contributed by atoms with Crippen LogP contribution in [0.4, 0.5) is 4.39 Å². The Hall–Kier alpha value is -1.29. The van der Waals surface area contributed by atoms with Crippen LogP contribution in [0.25, 0.3) is 0 Å². The molecule has 0 bridgehead atoms. The second-order valence-corrected chi connectivity index (χ2v) is 5.55. The van der Waals surface area contributed by atoms with E-state index in [1.807, 2.05) is 19.1 Å². The summed E-state index contributed by atoms with van der Waals surface area (Å²) in [6.45, 7) is 5.39. The summed E-state index contributed by atoms with van der Waals surface area (Å²) in [6, 6.07) is 7.05. The smallest absolute Gasteiger partial charge is 0.179 e. The van der Waals surface area contributed by atoms with Gasteiger partial charge in [0.15, 0.2) is 12.0 Å². The lowest BCUT2D eigenvalue weighted by Crippen LogP contribution is -2.22. The number of alkyl halides is 1. The van der Waals surface area contributed by atoms with E-state index >= 15 is 0 Å². The Morgan fingerprint density at radius 3 is 2.61 bits per heavy atom. The van der Waals surface area contributed by atoms with Crippen molar-refractivity contribution in [3.05, 3.63) is 42.5 Å². The molecule has 1 aromatic carbocycles. The van der Waals surface area contributed by atoms with Crippen LogP contribution in [0.3, 0.4) is 0 Å². The number of carbonyl (C=O) groups is 1. The van der Waals surface area contributed by atoms with Crippen LogP contribution in [0, 0.1) is 6.92 Å². The van der Waals surface area contributed by atoms with E-state index in [0.717, 1.165) is 5.56 Å². The molecule has 0 aromatic heterocycles. The molecule has 2 atom stereocenters. The maximum atomic E-state index is 13.4. The fourth-order valence-corrected chi connectivity index (χ4v) is 2.46. The number of aryl methyl sites for hydroxylation is 1. The first-order valence-corrected chi connectivity index (χ1v) is 7.09. The second kappa shape index (κ2) is 7.21. The SMILES string of the molecule is C=CCC[C@H](F)C(=O)C[S@](=O)c1ccc(C)cc1. The Morgan fingerprint density at radius 1 is 1.44 bits per heavy atom. The zero-order chi connectivity index (χ0) is 13.5. The lowest BCUT2D eigenvalue weighted by Gasteiger charge is -2.06. The number of carbonyl (C=O) groups excluding carboxylic acids is 1. The Bertz CT molecular complexity index is 440. The number of rotatable bonds is 7. The van der Waals surface area contributed by atoms with Crippen LogP contribution < -0.4 is 0 Å². The Morgan fingerprint density at radius 2 is 2.06 bits per heavy atom. The van der Waals surface area contributed by atoms with Crippen LogP contribution in [-0.2, 0) is 15.6 Å². The highest BCUT2D eigenvalue weighted by Crippen LogP contribution is 2.11. The average molecular weight is 268 g/mol. The number of ketones is 1. The third kappa shape index (κ3) is 4.53. The van der Waals surface area contributed by atoms with Crippen LogP contribution in [0.15, 0.2) is 41.8 Å². The molecule has 0 aliphatic carbocycles. The summed E-state index contributed by atoms with van der Waals surface area (Å²) in [7, 11) is -1.46. The van der Waals surface area contributed by atoms with Crippen molar-refractivity contribution in [1.82, 2.24) is 0 Å². The van der Waals surface area contributed by atoms with Gasteiger partial charge in [-0.2, -0.15) is 0 Å². The second-order valence-electron chi connectivity index (χ2n) is 4.10. The first-order valence-electron chi connectivity index (χ1n) is 5.77. The van der Waals surface area contributed by atoms with Crippen LogP contribution >= 0.6 is 0 Å². The van der Waals surface area contributed by atoms with E-state index in [1.54, 1.807) is 18.2 Å². The molecule has 0 aliphatic rings. The molecule has 18 heavy (non-hydrogen) atoms. The minimum atomic E-state index is -1.54. The van der Waals surface area contributed by atoms with Gasteiger partial charge in [-0.1, -0.05) is 23.8 Å². The van der Waals surface area contributed by atoms with Crippen LogP contribution in [0.1, 0.15) is 18.4 Å². The lowest BCUT2D eigenvalue weighted by atomic mass is 10.1. The van der Waals surface area contributed by atoms with E-state index in [1.165, 1.54) is 0 Å². The van der Waals surface area contributed by atoms with Crippen molar-refractivity contribution in [3.8, 4) is 0 Å². The quantitative estimate of drug-likeness (QED) is 0.712. The fraction of sp³-hybridized carbons (Fsp3) is 0.357. The van der Waals surface area contributed by atoms with Crippen molar-refractivity contribution in [2.75, 3.05) is 5.75 Å². The molecular weight excluding hydrogens is 251 g/mol. The van der Waals surface area contributed by atoms with Gasteiger partial charge in [-0.25, -0.2) is 4.39 Å². The standard InChI is InChI=1S/C14H17FO2S/c1-3-4-5-13(15)14(16)10-18(17)12-8-6-11(2)7-9-12/h3,6-9,13H,1,4-5,10H2,2H3/t13-,18-/m0/s1. The molecule has 0 amide bonds. The minimum Gasteiger partial charge on any atom is -0.295 e. The van der Waals surface area contributed by atoms with E-state index in [2.05, 4.69) is 6.58 Å². The molecule has 1 aromatic rings. The van der Waals surface area contributed by atoms with E-state index in [0.29, 0.717) is 11.3 Å². The molecular formula is C14H17FO2S. The number of hydrogen-bond donors (Lipinski definition) is 0. The highest BCUT2D eigenvalue weighted by Gasteiger charge is 2.19. The highest BCUT2D eigenvalue weighted by atomic mass is 32.2. The summed E-state index contributed by atoms with van der Waals surface area (Å²) in [5.74, 6) is -0.864. The number of Topliss-reactive ketones (excluding diaryl/α,β-unsaturated/α-hetero) is 1. The van der Waals surface area contributed by atoms with Gasteiger partial charge in [0, 0.05) is 4.90 Å². The molecule has 98 valence electrons. The van der Waals surface area contributed by atoms with E-state index in [-0.39, 0.29) is 12.2 Å². The maximum Gasteiger partial charge on any atom is 0.179 e. The lowest BCUT2D eigenvalue weighted by molar-refractivity contribution is -0.121. The van der Waals surface area contributed by atoms with Crippen LogP contribution in [0.5, 0.6) is 0 Å². The predicted molar refractivity (Wildman–Crippen MR) is 71.8 cm³/mol. The van der Waals surface area contributed by atoms with E-state index in [4.69, 9.17) is 0 Å². The molecule has 0 radical (unpaired) electrons. The Kier molecular flexibility index (Phi) is 5.92. The zero-order valence-electron chi connectivity index (χ0n) is 10.4. The molecule has 0 fully saturated rings. The number of halogens is 1. The monoisotopic (exact) mass is 268 g/mol. The van der Waals surface area contributed by atoms with Crippen molar-refractivity contribution in [1.29, 1.82) is 0 Å². The Labute approximate surface area is 109 Å². The molecule has 2 nitrogen and oxygen atoms in total. The molecule has 0 heterocycles. The largest absolute Gasteiger partial charge is 0.295 e. The van der Waals surface area contributed by atoms with Gasteiger partial charge in [0.05, 0.1) is 16.6 Å². The van der Waals surface area contributed by atoms with Crippen LogP contribution in [-0.4, -0.2) is 21.9 Å². The van der Waals surface area contributed by atoms with Gasteiger partial charge in [-0.3, -0.25) is 9.00 Å². The number of benzene rings is 1. The van der Waals surface area contributed by atoms with Gasteiger partial charge in [0.25, 0.3) is 0 Å². The summed E-state index contributed by atoms with van der Waals surface area (Å²) in [5.41, 5.74) is 1.05. The topological polar surface area (TPSA) is 34.1 Å². The predicted octanol–water partition coefficient (Wildman–Crippen LogP) is 2.98. The van der Waals surface area contributed by atoms with Gasteiger partial charge >= 0.3 is 0 Å². The molecule has 0 saturated heterocycles. The van der Waals surface area contributed by atoms with Gasteiger partial charge in [-0.15, -0.1) is 6.58 Å². The van der Waals surface area contributed by atoms with Crippen molar-refractivity contribution in [3.63, 3.8) is 0 Å². The summed E-state index contributed by atoms with van der Waals surface area (Å²) in [6.07, 6.45) is 0.589. The Balaban J connectivity index is 2.56. The van der Waals surface area contributed by atoms with E-state index < -0.39 is 22.8 Å². The molecule has 0 N–H and O–H groups in total. The highest BCUT2D eigenvalue weighted by molar-refractivity contribution is 7.85. The third-order valence-corrected chi connectivity index (χ3v) is 3.88. The first-order chi connectivity index (χ1) is 8.54. The molecule has 0 saturated carbocycles. The normalized spacial score (nSPS) is 13.9. The number of hydrogen-bond acceptors (Lipinski definition) is 2. The average Bonchev–Trinajstić information content (AvgIpc) is 2.36. The summed E-state index contributed by atoms with van der Waals surface area (Å²) in [5, 5.41) is 0. The third-order valence-electron chi connectivity index (χ3n) is 2.53. The summed E-state index contributed by atoms with van der Waals surface area (Å²) < 4.78 is 25.2. The van der Waals surface area contributed by atoms with E-state index in [9.17, 15) is 13.4 Å². The molecule has 0 spiro atoms. The van der Waals surface area contributed by atoms with Crippen molar-refractivity contribution >= 4 is 16.6 Å². The van der Waals surface area contributed by atoms with Gasteiger partial charge < -0.3 is 0 Å². The van der Waals surface area contributed by atoms with Crippen molar-refractivity contribution < 1.29 is 13.4 Å². The van der Waals surface area contributed by atoms with Gasteiger partial charge in [0.2, 0.25) is 0 Å². The van der Waals surface area contributed by atoms with Crippen LogP contribution in [0.2, 0.25) is 0 Å². The molecule has 4 heteroatoms. The van der Waals surface area contributed by atoms with Crippen molar-refractivity contribution in [2.45, 2.75) is 30.8 Å². The van der Waals surface area contributed by atoms with Gasteiger partial charge in [-0.05, 0) is 31.9 Å². The summed E-state index contributed by atoms with van der Waals surface area (Å²) in [4.78, 5) is 12.1. The first kappa shape index (κ1) is 14.8. The molecule has 0 aliphatic heterocycles. The van der Waals surface area contributed by atoms with Gasteiger partial charge in [0.1, 0.15) is 0 Å². The minimum absolute atomic E-state index is 0.118. The van der Waals surface area contributed by atoms with Crippen molar-refractivity contribution in [2.24, 2.45) is 0 Å². The fourth-order valence-electron chi connectivity index (χ4n) is 1.42. The summed E-state index contributed by atoms with van der Waals surface area (Å²) >= 11 is 0.